The predicted molar refractivity (Wildman–Crippen MR) is 70.5 cm³/mol. The summed E-state index contributed by atoms with van der Waals surface area (Å²) in [6.45, 7) is 0. The van der Waals surface area contributed by atoms with E-state index in [2.05, 4.69) is 31.7 Å². The largest absolute Gasteiger partial charge is 0.416 e. The summed E-state index contributed by atoms with van der Waals surface area (Å²) in [5, 5.41) is 2.75. The molecule has 1 fully saturated rings. The molecular formula is C11H12BrF3N4. The van der Waals surface area contributed by atoms with Crippen LogP contribution in [0.3, 0.4) is 0 Å². The van der Waals surface area contributed by atoms with E-state index in [-0.39, 0.29) is 17.7 Å². The average molecular weight is 337 g/mol. The van der Waals surface area contributed by atoms with Crippen LogP contribution in [0.15, 0.2) is 27.7 Å². The first-order valence-electron chi connectivity index (χ1n) is 5.58. The van der Waals surface area contributed by atoms with Crippen molar-refractivity contribution >= 4 is 27.6 Å². The summed E-state index contributed by atoms with van der Waals surface area (Å²) in [7, 11) is 0. The zero-order valence-electron chi connectivity index (χ0n) is 9.76. The van der Waals surface area contributed by atoms with Gasteiger partial charge in [0.15, 0.2) is 0 Å². The topological polar surface area (TPSA) is 62.4 Å². The summed E-state index contributed by atoms with van der Waals surface area (Å²) in [6.07, 6.45) is -2.45. The minimum atomic E-state index is -4.39. The van der Waals surface area contributed by atoms with E-state index in [9.17, 15) is 13.2 Å². The summed E-state index contributed by atoms with van der Waals surface area (Å²) >= 11 is 3.18. The number of hydrogen-bond acceptors (Lipinski definition) is 2. The first-order valence-corrected chi connectivity index (χ1v) is 6.37. The van der Waals surface area contributed by atoms with Crippen molar-refractivity contribution in [1.29, 1.82) is 0 Å². The molecule has 0 bridgehead atoms. The molecule has 0 heterocycles. The lowest BCUT2D eigenvalue weighted by molar-refractivity contribution is -0.137. The van der Waals surface area contributed by atoms with Crippen molar-refractivity contribution in [3.8, 4) is 0 Å². The summed E-state index contributed by atoms with van der Waals surface area (Å²) in [5.41, 5.74) is 1.87. The molecule has 1 aromatic carbocycles. The van der Waals surface area contributed by atoms with Crippen LogP contribution >= 0.6 is 15.9 Å². The van der Waals surface area contributed by atoms with Gasteiger partial charge in [-0.3, -0.25) is 5.43 Å². The fourth-order valence-corrected chi connectivity index (χ4v) is 1.76. The number of hydrogen-bond donors (Lipinski definition) is 3. The summed E-state index contributed by atoms with van der Waals surface area (Å²) < 4.78 is 38.4. The highest BCUT2D eigenvalue weighted by Gasteiger charge is 2.31. The maximum absolute atomic E-state index is 12.6. The zero-order valence-corrected chi connectivity index (χ0v) is 11.3. The number of nitrogens with one attached hydrogen (secondary N) is 2. The molecule has 8 heteroatoms. The van der Waals surface area contributed by atoms with E-state index in [1.54, 1.807) is 0 Å². The van der Waals surface area contributed by atoms with E-state index >= 15 is 0 Å². The van der Waals surface area contributed by atoms with Crippen LogP contribution in [0.4, 0.5) is 18.9 Å². The first kappa shape index (κ1) is 14.1. The number of nitrogens with two attached hydrogens (primary N) is 1. The van der Waals surface area contributed by atoms with Gasteiger partial charge in [-0.1, -0.05) is 0 Å². The van der Waals surface area contributed by atoms with Crippen LogP contribution in [0.2, 0.25) is 0 Å². The molecule has 1 aliphatic carbocycles. The highest BCUT2D eigenvalue weighted by atomic mass is 79.9. The third-order valence-electron chi connectivity index (χ3n) is 2.54. The molecule has 0 radical (unpaired) electrons. The molecule has 104 valence electrons. The molecule has 0 atom stereocenters. The highest BCUT2D eigenvalue weighted by molar-refractivity contribution is 9.10. The van der Waals surface area contributed by atoms with Crippen molar-refractivity contribution in [3.05, 3.63) is 28.2 Å². The Labute approximate surface area is 116 Å². The molecule has 1 saturated carbocycles. The monoisotopic (exact) mass is 336 g/mol. The molecule has 0 unspecified atom stereocenters. The smallest absolute Gasteiger partial charge is 0.324 e. The number of halogens is 4. The Morgan fingerprint density at radius 1 is 1.37 bits per heavy atom. The molecule has 0 aliphatic heterocycles. The minimum absolute atomic E-state index is 0.197. The van der Waals surface area contributed by atoms with Gasteiger partial charge in [0, 0.05) is 4.47 Å². The van der Waals surface area contributed by atoms with E-state index in [0.717, 1.165) is 25.0 Å². The lowest BCUT2D eigenvalue weighted by atomic mass is 10.2. The van der Waals surface area contributed by atoms with E-state index in [0.29, 0.717) is 4.47 Å². The van der Waals surface area contributed by atoms with Gasteiger partial charge in [0.05, 0.1) is 17.3 Å². The zero-order chi connectivity index (χ0) is 14.0. The molecule has 0 amide bonds. The van der Waals surface area contributed by atoms with Gasteiger partial charge < -0.3 is 5.32 Å². The lowest BCUT2D eigenvalue weighted by Gasteiger charge is -2.13. The van der Waals surface area contributed by atoms with Gasteiger partial charge in [-0.15, -0.1) is 0 Å². The van der Waals surface area contributed by atoms with Gasteiger partial charge in [0.2, 0.25) is 5.96 Å². The second-order valence-corrected chi connectivity index (χ2v) is 5.02. The number of hydrazine groups is 1. The normalized spacial score (nSPS) is 16.4. The van der Waals surface area contributed by atoms with Gasteiger partial charge in [-0.05, 0) is 47.0 Å². The van der Waals surface area contributed by atoms with Crippen LogP contribution in [0.5, 0.6) is 0 Å². The average Bonchev–Trinajstić information content (AvgIpc) is 3.13. The predicted octanol–water partition coefficient (Wildman–Crippen LogP) is 2.86. The third-order valence-corrected chi connectivity index (χ3v) is 3.23. The maximum atomic E-state index is 12.6. The van der Waals surface area contributed by atoms with Crippen molar-refractivity contribution in [1.82, 2.24) is 5.43 Å². The van der Waals surface area contributed by atoms with Gasteiger partial charge in [0.1, 0.15) is 0 Å². The Bertz CT molecular complexity index is 497. The van der Waals surface area contributed by atoms with E-state index in [4.69, 9.17) is 5.84 Å². The van der Waals surface area contributed by atoms with Crippen LogP contribution in [0.25, 0.3) is 0 Å². The lowest BCUT2D eigenvalue weighted by Crippen LogP contribution is -2.36. The van der Waals surface area contributed by atoms with Crippen LogP contribution in [0, 0.1) is 0 Å². The molecular weight excluding hydrogens is 325 g/mol. The van der Waals surface area contributed by atoms with Crippen molar-refractivity contribution in [3.63, 3.8) is 0 Å². The Kier molecular flexibility index (Phi) is 4.00. The number of rotatable bonds is 2. The molecule has 4 nitrogen and oxygen atoms in total. The number of guanidine groups is 1. The van der Waals surface area contributed by atoms with Crippen molar-refractivity contribution in [2.45, 2.75) is 25.1 Å². The molecule has 2 rings (SSSR count). The van der Waals surface area contributed by atoms with Gasteiger partial charge in [-0.2, -0.15) is 13.2 Å². The molecule has 1 aliphatic rings. The van der Waals surface area contributed by atoms with E-state index < -0.39 is 11.7 Å². The summed E-state index contributed by atoms with van der Waals surface area (Å²) in [4.78, 5) is 4.20. The molecule has 0 spiro atoms. The highest BCUT2D eigenvalue weighted by Crippen LogP contribution is 2.34. The van der Waals surface area contributed by atoms with Crippen LogP contribution < -0.4 is 16.6 Å². The summed E-state index contributed by atoms with van der Waals surface area (Å²) in [6, 6.07) is 3.53. The molecule has 0 aromatic heterocycles. The Morgan fingerprint density at radius 3 is 2.58 bits per heavy atom. The number of anilines is 1. The number of benzene rings is 1. The second kappa shape index (κ2) is 5.38. The van der Waals surface area contributed by atoms with Gasteiger partial charge >= 0.3 is 6.18 Å². The van der Waals surface area contributed by atoms with Crippen LogP contribution in [-0.2, 0) is 6.18 Å². The Hall–Kier alpha value is -1.28. The molecule has 1 aromatic rings. The van der Waals surface area contributed by atoms with Crippen molar-refractivity contribution in [2.75, 3.05) is 5.32 Å². The number of alkyl halides is 3. The standard InChI is InChI=1S/C11H12BrF3N4/c12-8-4-1-6(11(13,14)15)5-9(8)18-10(19-16)17-7-2-3-7/h1,4-5,7H,2-3,16H2,(H2,17,18,19). The van der Waals surface area contributed by atoms with Crippen LogP contribution in [-0.4, -0.2) is 12.0 Å². The third kappa shape index (κ3) is 3.84. The first-order chi connectivity index (χ1) is 8.90. The van der Waals surface area contributed by atoms with E-state index in [1.807, 2.05) is 0 Å². The van der Waals surface area contributed by atoms with Crippen molar-refractivity contribution < 1.29 is 13.2 Å². The fourth-order valence-electron chi connectivity index (χ4n) is 1.42. The Morgan fingerprint density at radius 2 is 2.05 bits per heavy atom. The maximum Gasteiger partial charge on any atom is 0.416 e. The van der Waals surface area contributed by atoms with Gasteiger partial charge in [-0.25, -0.2) is 10.8 Å². The van der Waals surface area contributed by atoms with E-state index in [1.165, 1.54) is 6.07 Å². The number of nitrogens with zero attached hydrogens (tertiary/aromatic N) is 1. The Balaban J connectivity index is 2.23. The minimum Gasteiger partial charge on any atom is -0.324 e. The van der Waals surface area contributed by atoms with Crippen molar-refractivity contribution in [2.24, 2.45) is 10.8 Å². The summed E-state index contributed by atoms with van der Waals surface area (Å²) in [5.74, 6) is 5.54. The van der Waals surface area contributed by atoms with Crippen LogP contribution in [0.1, 0.15) is 18.4 Å². The second-order valence-electron chi connectivity index (χ2n) is 4.17. The molecule has 19 heavy (non-hydrogen) atoms. The quantitative estimate of drug-likeness (QED) is 0.337. The fraction of sp³-hybridized carbons (Fsp3) is 0.364. The van der Waals surface area contributed by atoms with Gasteiger partial charge in [0.25, 0.3) is 0 Å². The molecule has 0 saturated heterocycles. The number of aliphatic imine (C=N–C) groups is 1. The SMILES string of the molecule is NNC(=NC1CC1)Nc1cc(C(F)(F)F)ccc1Br. The molecule has 4 N–H and O–H groups in total.